The van der Waals surface area contributed by atoms with Gasteiger partial charge in [-0.15, -0.1) is 0 Å². The quantitative estimate of drug-likeness (QED) is 0.180. The first-order valence-electron chi connectivity index (χ1n) is 15.8. The minimum atomic E-state index is 0.0518. The monoisotopic (exact) mass is 602 g/mol. The molecule has 1 atom stereocenters. The molecule has 0 spiro atoms. The van der Waals surface area contributed by atoms with Gasteiger partial charge in [0.2, 0.25) is 5.95 Å². The fourth-order valence-corrected chi connectivity index (χ4v) is 6.29. The zero-order chi connectivity index (χ0) is 31.0. The highest BCUT2D eigenvalue weighted by molar-refractivity contribution is 5.94. The SMILES string of the molecule is COc1ccc(C(CCN2CCC(Nc3nc4ccccc4n3Cc3ccncc3)CC2)CN(C)C(=O)c2ccccc2)cc1. The molecule has 1 aliphatic heterocycles. The van der Waals surface area contributed by atoms with Crippen LogP contribution in [0.4, 0.5) is 5.95 Å². The van der Waals surface area contributed by atoms with E-state index in [0.29, 0.717) is 12.6 Å². The van der Waals surface area contributed by atoms with Gasteiger partial charge in [-0.2, -0.15) is 0 Å². The molecular weight excluding hydrogens is 560 g/mol. The van der Waals surface area contributed by atoms with Crippen LogP contribution in [0.1, 0.15) is 46.7 Å². The van der Waals surface area contributed by atoms with Gasteiger partial charge in [0, 0.05) is 56.6 Å². The van der Waals surface area contributed by atoms with Crippen molar-refractivity contribution >= 4 is 22.9 Å². The summed E-state index contributed by atoms with van der Waals surface area (Å²) in [6.45, 7) is 4.44. The van der Waals surface area contributed by atoms with Crippen LogP contribution >= 0.6 is 0 Å². The summed E-state index contributed by atoms with van der Waals surface area (Å²) in [5.74, 6) is 2.04. The average molecular weight is 603 g/mol. The van der Waals surface area contributed by atoms with Crippen molar-refractivity contribution in [3.05, 3.63) is 120 Å². The smallest absolute Gasteiger partial charge is 0.253 e. The largest absolute Gasteiger partial charge is 0.497 e. The molecule has 1 saturated heterocycles. The van der Waals surface area contributed by atoms with Gasteiger partial charge in [0.1, 0.15) is 5.75 Å². The maximum absolute atomic E-state index is 13.2. The number of likely N-dealkylation sites (tertiary alicyclic amines) is 1. The fourth-order valence-electron chi connectivity index (χ4n) is 6.29. The molecule has 0 saturated carbocycles. The topological polar surface area (TPSA) is 75.5 Å². The number of piperidine rings is 1. The normalized spacial score (nSPS) is 14.7. The van der Waals surface area contributed by atoms with Gasteiger partial charge in [0.05, 0.1) is 24.7 Å². The standard InChI is InChI=1S/C37H42N6O2/c1-41(36(44)30-8-4-3-5-9-30)27-31(29-12-14-33(45-2)15-13-29)18-23-42-24-19-32(20-25-42)39-37-40-34-10-6-7-11-35(34)43(37)26-28-16-21-38-22-17-28/h3-17,21-22,31-32H,18-20,23-27H2,1-2H3,(H,39,40). The molecule has 3 heterocycles. The summed E-state index contributed by atoms with van der Waals surface area (Å²) in [5.41, 5.74) is 5.29. The molecule has 45 heavy (non-hydrogen) atoms. The van der Waals surface area contributed by atoms with Crippen LogP contribution in [0.2, 0.25) is 0 Å². The predicted octanol–water partition coefficient (Wildman–Crippen LogP) is 6.31. The van der Waals surface area contributed by atoms with Crippen molar-refractivity contribution in [2.45, 2.75) is 37.8 Å². The highest BCUT2D eigenvalue weighted by Gasteiger charge is 2.24. The van der Waals surface area contributed by atoms with Crippen molar-refractivity contribution in [1.29, 1.82) is 0 Å². The van der Waals surface area contributed by atoms with Crippen molar-refractivity contribution in [2.75, 3.05) is 45.7 Å². The van der Waals surface area contributed by atoms with E-state index in [1.807, 2.05) is 72.9 Å². The number of fused-ring (bicyclic) bond motifs is 1. The Morgan fingerprint density at radius 2 is 1.67 bits per heavy atom. The van der Waals surface area contributed by atoms with Gasteiger partial charge in [-0.3, -0.25) is 9.78 Å². The van der Waals surface area contributed by atoms with Crippen LogP contribution in [0.3, 0.4) is 0 Å². The van der Waals surface area contributed by atoms with Crippen LogP contribution in [-0.4, -0.2) is 76.6 Å². The number of hydrogen-bond acceptors (Lipinski definition) is 6. The molecule has 5 aromatic rings. The first-order valence-corrected chi connectivity index (χ1v) is 15.8. The lowest BCUT2D eigenvalue weighted by atomic mass is 9.94. The summed E-state index contributed by atoms with van der Waals surface area (Å²) in [6, 6.07) is 30.7. The first kappa shape index (κ1) is 30.3. The third-order valence-corrected chi connectivity index (χ3v) is 8.91. The lowest BCUT2D eigenvalue weighted by Crippen LogP contribution is -2.40. The lowest BCUT2D eigenvalue weighted by Gasteiger charge is -2.34. The number of pyridine rings is 1. The second kappa shape index (κ2) is 14.4. The summed E-state index contributed by atoms with van der Waals surface area (Å²) in [7, 11) is 3.60. The number of amides is 1. The Morgan fingerprint density at radius 3 is 2.40 bits per heavy atom. The summed E-state index contributed by atoms with van der Waals surface area (Å²) in [5, 5.41) is 3.79. The van der Waals surface area contributed by atoms with Crippen LogP contribution in [0, 0.1) is 0 Å². The molecule has 1 amide bonds. The number of nitrogens with one attached hydrogen (secondary N) is 1. The minimum absolute atomic E-state index is 0.0518. The number of likely N-dealkylation sites (N-methyl/N-ethyl adjacent to an activating group) is 1. The number of benzene rings is 3. The van der Waals surface area contributed by atoms with Crippen LogP contribution < -0.4 is 10.1 Å². The molecule has 3 aromatic carbocycles. The number of imidazole rings is 1. The number of anilines is 1. The van der Waals surface area contributed by atoms with E-state index in [1.165, 1.54) is 11.1 Å². The van der Waals surface area contributed by atoms with Crippen molar-refractivity contribution in [3.63, 3.8) is 0 Å². The number of methoxy groups -OCH3 is 1. The van der Waals surface area contributed by atoms with Crippen LogP contribution in [0.5, 0.6) is 5.75 Å². The number of nitrogens with zero attached hydrogens (tertiary/aromatic N) is 5. The number of rotatable bonds is 12. The van der Waals surface area contributed by atoms with Crippen molar-refractivity contribution in [1.82, 2.24) is 24.3 Å². The van der Waals surface area contributed by atoms with Crippen LogP contribution in [-0.2, 0) is 6.54 Å². The summed E-state index contributed by atoms with van der Waals surface area (Å²) < 4.78 is 7.68. The third kappa shape index (κ3) is 7.52. The first-order chi connectivity index (χ1) is 22.1. The number of aromatic nitrogens is 3. The molecule has 1 N–H and O–H groups in total. The summed E-state index contributed by atoms with van der Waals surface area (Å²) in [6.07, 6.45) is 6.76. The Labute approximate surface area is 265 Å². The molecule has 1 aliphatic rings. The van der Waals surface area contributed by atoms with Crippen molar-refractivity contribution in [3.8, 4) is 5.75 Å². The molecule has 8 heteroatoms. The molecule has 1 unspecified atom stereocenters. The van der Waals surface area contributed by atoms with Gasteiger partial charge in [-0.05, 0) is 85.5 Å². The van der Waals surface area contributed by atoms with E-state index in [2.05, 4.69) is 62.2 Å². The Bertz CT molecular complexity index is 1660. The highest BCUT2D eigenvalue weighted by Crippen LogP contribution is 2.27. The Kier molecular flexibility index (Phi) is 9.71. The second-order valence-corrected chi connectivity index (χ2v) is 11.9. The minimum Gasteiger partial charge on any atom is -0.497 e. The van der Waals surface area contributed by atoms with E-state index in [9.17, 15) is 4.79 Å². The number of carbonyl (C=O) groups excluding carboxylic acids is 1. The van der Waals surface area contributed by atoms with Gasteiger partial charge in [0.15, 0.2) is 0 Å². The van der Waals surface area contributed by atoms with Gasteiger partial charge in [-0.1, -0.05) is 42.5 Å². The van der Waals surface area contributed by atoms with Crippen LogP contribution in [0.15, 0.2) is 103 Å². The lowest BCUT2D eigenvalue weighted by molar-refractivity contribution is 0.0782. The number of para-hydroxylation sites is 2. The molecule has 0 aliphatic carbocycles. The summed E-state index contributed by atoms with van der Waals surface area (Å²) in [4.78, 5) is 26.7. The predicted molar refractivity (Wildman–Crippen MR) is 180 cm³/mol. The van der Waals surface area contributed by atoms with Gasteiger partial charge in [0.25, 0.3) is 5.91 Å². The van der Waals surface area contributed by atoms with Crippen molar-refractivity contribution in [2.24, 2.45) is 0 Å². The fraction of sp³-hybridized carbons (Fsp3) is 0.324. The maximum atomic E-state index is 13.2. The van der Waals surface area contributed by atoms with Crippen LogP contribution in [0.25, 0.3) is 11.0 Å². The Morgan fingerprint density at radius 1 is 0.956 bits per heavy atom. The van der Waals surface area contributed by atoms with E-state index >= 15 is 0 Å². The molecular formula is C37H42N6O2. The average Bonchev–Trinajstić information content (AvgIpc) is 3.44. The molecule has 8 nitrogen and oxygen atoms in total. The van der Waals surface area contributed by atoms with E-state index in [4.69, 9.17) is 9.72 Å². The Balaban J connectivity index is 1.08. The molecule has 6 rings (SSSR count). The molecule has 0 radical (unpaired) electrons. The molecule has 1 fully saturated rings. The second-order valence-electron chi connectivity index (χ2n) is 11.9. The van der Waals surface area contributed by atoms with E-state index in [1.54, 1.807) is 7.11 Å². The third-order valence-electron chi connectivity index (χ3n) is 8.91. The zero-order valence-corrected chi connectivity index (χ0v) is 26.2. The number of hydrogen-bond donors (Lipinski definition) is 1. The van der Waals surface area contributed by atoms with E-state index in [0.717, 1.165) is 73.7 Å². The van der Waals surface area contributed by atoms with E-state index in [-0.39, 0.29) is 11.8 Å². The van der Waals surface area contributed by atoms with Gasteiger partial charge < -0.3 is 24.4 Å². The number of ether oxygens (including phenoxy) is 1. The van der Waals surface area contributed by atoms with Gasteiger partial charge in [-0.25, -0.2) is 4.98 Å². The molecule has 2 aromatic heterocycles. The number of carbonyl (C=O) groups is 1. The molecule has 0 bridgehead atoms. The summed E-state index contributed by atoms with van der Waals surface area (Å²) >= 11 is 0. The zero-order valence-electron chi connectivity index (χ0n) is 26.2. The Hall–Kier alpha value is -4.69. The maximum Gasteiger partial charge on any atom is 0.253 e. The van der Waals surface area contributed by atoms with Gasteiger partial charge >= 0.3 is 0 Å². The molecule has 232 valence electrons. The van der Waals surface area contributed by atoms with E-state index < -0.39 is 0 Å². The van der Waals surface area contributed by atoms with Crippen molar-refractivity contribution < 1.29 is 9.53 Å². The highest BCUT2D eigenvalue weighted by atomic mass is 16.5.